The Balaban J connectivity index is 1.45. The summed E-state index contributed by atoms with van der Waals surface area (Å²) in [5.74, 6) is 0.341. The van der Waals surface area contributed by atoms with Crippen molar-refractivity contribution in [3.8, 4) is 11.5 Å². The van der Waals surface area contributed by atoms with E-state index in [1.807, 2.05) is 60.7 Å². The zero-order valence-electron chi connectivity index (χ0n) is 23.8. The lowest BCUT2D eigenvalue weighted by atomic mass is 10.0. The Morgan fingerprint density at radius 2 is 1.35 bits per heavy atom. The van der Waals surface area contributed by atoms with E-state index < -0.39 is 34.4 Å². The smallest absolute Gasteiger partial charge is 0.247 e. The molecule has 1 atom stereocenters. The number of carbonyl (C=O) groups is 2. The summed E-state index contributed by atoms with van der Waals surface area (Å²) in [5, 5.41) is 2.97. The quantitative estimate of drug-likeness (QED) is 0.261. The predicted octanol–water partition coefficient (Wildman–Crippen LogP) is 4.26. The Morgan fingerprint density at radius 3 is 1.98 bits per heavy atom. The molecule has 0 fully saturated rings. The van der Waals surface area contributed by atoms with Crippen molar-refractivity contribution in [1.29, 1.82) is 0 Å². The van der Waals surface area contributed by atoms with E-state index in [0.29, 0.717) is 17.1 Å². The van der Waals surface area contributed by atoms with Crippen molar-refractivity contribution in [2.75, 3.05) is 19.6 Å². The highest BCUT2D eigenvalue weighted by molar-refractivity contribution is 7.88. The first-order valence-corrected chi connectivity index (χ1v) is 15.7. The zero-order chi connectivity index (χ0) is 30.2. The van der Waals surface area contributed by atoms with Gasteiger partial charge in [-0.25, -0.2) is 8.42 Å². The third kappa shape index (κ3) is 7.79. The minimum atomic E-state index is -3.76. The van der Waals surface area contributed by atoms with Crippen LogP contribution in [0.1, 0.15) is 28.3 Å². The van der Waals surface area contributed by atoms with Crippen molar-refractivity contribution in [2.24, 2.45) is 0 Å². The molecule has 1 aliphatic heterocycles. The van der Waals surface area contributed by atoms with Gasteiger partial charge in [0, 0.05) is 19.6 Å². The highest BCUT2D eigenvalue weighted by Crippen LogP contribution is 2.32. The largest absolute Gasteiger partial charge is 0.454 e. The third-order valence-corrected chi connectivity index (χ3v) is 8.27. The van der Waals surface area contributed by atoms with Gasteiger partial charge in [-0.3, -0.25) is 9.59 Å². The van der Waals surface area contributed by atoms with Gasteiger partial charge in [-0.2, -0.15) is 4.31 Å². The molecule has 1 aliphatic rings. The van der Waals surface area contributed by atoms with Crippen LogP contribution in [-0.4, -0.2) is 49.0 Å². The molecule has 222 valence electrons. The molecule has 0 saturated carbocycles. The van der Waals surface area contributed by atoms with Crippen LogP contribution in [0.4, 0.5) is 0 Å². The maximum Gasteiger partial charge on any atom is 0.247 e. The Bertz CT molecular complexity index is 1650. The predicted molar refractivity (Wildman–Crippen MR) is 162 cm³/mol. The van der Waals surface area contributed by atoms with E-state index in [0.717, 1.165) is 27.3 Å². The van der Waals surface area contributed by atoms with Crippen molar-refractivity contribution < 1.29 is 27.5 Å². The van der Waals surface area contributed by atoms with Crippen molar-refractivity contribution in [3.63, 3.8) is 0 Å². The maximum atomic E-state index is 14.1. The van der Waals surface area contributed by atoms with E-state index in [1.165, 1.54) is 4.90 Å². The van der Waals surface area contributed by atoms with E-state index in [-0.39, 0.29) is 26.4 Å². The van der Waals surface area contributed by atoms with E-state index in [4.69, 9.17) is 9.47 Å². The van der Waals surface area contributed by atoms with Gasteiger partial charge >= 0.3 is 0 Å². The average molecular weight is 600 g/mol. The number of benzene rings is 4. The molecule has 1 heterocycles. The normalized spacial score (nSPS) is 13.0. The Kier molecular flexibility index (Phi) is 9.38. The van der Waals surface area contributed by atoms with E-state index >= 15 is 0 Å². The van der Waals surface area contributed by atoms with Crippen molar-refractivity contribution in [3.05, 3.63) is 131 Å². The molecule has 4 aromatic carbocycles. The highest BCUT2D eigenvalue weighted by atomic mass is 32.2. The second-order valence-electron chi connectivity index (χ2n) is 10.2. The number of hydrogen-bond donors (Lipinski definition) is 1. The number of nitrogens with one attached hydrogen (secondary N) is 1. The molecule has 9 nitrogen and oxygen atoms in total. The summed E-state index contributed by atoms with van der Waals surface area (Å²) in [6.07, 6.45) is 1.08. The minimum absolute atomic E-state index is 0.0247. The molecule has 0 saturated heterocycles. The fourth-order valence-electron chi connectivity index (χ4n) is 4.87. The fraction of sp³-hybridized carbons (Fsp3) is 0.212. The number of amides is 2. The summed E-state index contributed by atoms with van der Waals surface area (Å²) in [5.41, 5.74) is 2.95. The van der Waals surface area contributed by atoms with Gasteiger partial charge in [0.25, 0.3) is 0 Å². The molecular formula is C33H33N3O6S. The molecule has 0 aliphatic carbocycles. The molecule has 5 rings (SSSR count). The molecule has 0 bridgehead atoms. The molecule has 1 N–H and O–H groups in total. The summed E-state index contributed by atoms with van der Waals surface area (Å²) in [4.78, 5) is 29.5. The molecule has 10 heteroatoms. The molecular weight excluding hydrogens is 566 g/mol. The van der Waals surface area contributed by atoms with Gasteiger partial charge in [0.15, 0.2) is 11.5 Å². The van der Waals surface area contributed by atoms with E-state index in [9.17, 15) is 18.0 Å². The second-order valence-corrected chi connectivity index (χ2v) is 12.2. The Hall–Kier alpha value is -4.67. The van der Waals surface area contributed by atoms with E-state index in [2.05, 4.69) is 5.32 Å². The van der Waals surface area contributed by atoms with Crippen LogP contribution in [0, 0.1) is 0 Å². The molecule has 0 unspecified atom stereocenters. The number of nitrogens with zero attached hydrogens (tertiary/aromatic N) is 2. The van der Waals surface area contributed by atoms with Crippen LogP contribution in [0.25, 0.3) is 0 Å². The first-order valence-electron chi connectivity index (χ1n) is 13.8. The molecule has 43 heavy (non-hydrogen) atoms. The van der Waals surface area contributed by atoms with Crippen LogP contribution >= 0.6 is 0 Å². The van der Waals surface area contributed by atoms with Crippen LogP contribution in [0.5, 0.6) is 11.5 Å². The number of hydrogen-bond acceptors (Lipinski definition) is 6. The number of carbonyl (C=O) groups excluding carboxylic acids is 2. The van der Waals surface area contributed by atoms with Crippen LogP contribution < -0.4 is 14.8 Å². The summed E-state index contributed by atoms with van der Waals surface area (Å²) in [7, 11) is -3.76. The number of fused-ring (bicyclic) bond motifs is 1. The van der Waals surface area contributed by atoms with Gasteiger partial charge in [0.1, 0.15) is 6.04 Å². The van der Waals surface area contributed by atoms with Crippen LogP contribution in [0.15, 0.2) is 109 Å². The van der Waals surface area contributed by atoms with Gasteiger partial charge in [0.05, 0.1) is 12.8 Å². The lowest BCUT2D eigenvalue weighted by Gasteiger charge is -2.33. The number of rotatable bonds is 12. The van der Waals surface area contributed by atoms with Gasteiger partial charge in [0.2, 0.25) is 28.6 Å². The van der Waals surface area contributed by atoms with Crippen LogP contribution in [0.3, 0.4) is 0 Å². The van der Waals surface area contributed by atoms with Crippen molar-refractivity contribution >= 4 is 21.8 Å². The van der Waals surface area contributed by atoms with Crippen molar-refractivity contribution in [2.45, 2.75) is 25.7 Å². The lowest BCUT2D eigenvalue weighted by Crippen LogP contribution is -2.47. The SMILES string of the molecule is CS(=O)(=O)N(CC(=O)N(Cc1ccccc1)[C@@H](C(=O)NCc1ccc2c(c1)OCO2)c1ccccc1)Cc1ccccc1. The Labute approximate surface area is 251 Å². The Morgan fingerprint density at radius 1 is 0.767 bits per heavy atom. The standard InChI is InChI=1S/C33H33N3O6S/c1-43(39,40)35(21-25-11-5-2-6-12-25)23-31(37)36(22-26-13-7-3-8-14-26)32(28-15-9-4-10-16-28)33(38)34-20-27-17-18-29-30(19-27)42-24-41-29/h2-19,32H,20-24H2,1H3,(H,34,38)/t32-/m1/s1. The first-order chi connectivity index (χ1) is 20.8. The number of sulfonamides is 1. The molecule has 2 amide bonds. The monoisotopic (exact) mass is 599 g/mol. The topological polar surface area (TPSA) is 105 Å². The van der Waals surface area contributed by atoms with Crippen LogP contribution in [-0.2, 0) is 39.2 Å². The third-order valence-electron chi connectivity index (χ3n) is 7.08. The average Bonchev–Trinajstić information content (AvgIpc) is 3.48. The van der Waals surface area contributed by atoms with Gasteiger partial charge in [-0.1, -0.05) is 97.1 Å². The molecule has 4 aromatic rings. The number of ether oxygens (including phenoxy) is 2. The first kappa shape index (κ1) is 29.8. The van der Waals surface area contributed by atoms with E-state index in [1.54, 1.807) is 48.5 Å². The van der Waals surface area contributed by atoms with Gasteiger partial charge in [-0.15, -0.1) is 0 Å². The summed E-state index contributed by atoms with van der Waals surface area (Å²) >= 11 is 0. The van der Waals surface area contributed by atoms with Crippen molar-refractivity contribution in [1.82, 2.24) is 14.5 Å². The van der Waals surface area contributed by atoms with Gasteiger partial charge in [-0.05, 0) is 34.4 Å². The minimum Gasteiger partial charge on any atom is -0.454 e. The fourth-order valence-corrected chi connectivity index (χ4v) is 5.60. The van der Waals surface area contributed by atoms with Crippen LogP contribution in [0.2, 0.25) is 0 Å². The zero-order valence-corrected chi connectivity index (χ0v) is 24.6. The lowest BCUT2D eigenvalue weighted by molar-refractivity contribution is -0.141. The summed E-state index contributed by atoms with van der Waals surface area (Å²) in [6, 6.07) is 31.8. The highest BCUT2D eigenvalue weighted by Gasteiger charge is 2.33. The molecule has 0 spiro atoms. The second kappa shape index (κ2) is 13.5. The summed E-state index contributed by atoms with van der Waals surface area (Å²) in [6.45, 7) is 0.0259. The summed E-state index contributed by atoms with van der Waals surface area (Å²) < 4.78 is 37.6. The van der Waals surface area contributed by atoms with Gasteiger partial charge < -0.3 is 19.7 Å². The maximum absolute atomic E-state index is 14.1. The molecule has 0 aromatic heterocycles. The molecule has 0 radical (unpaired) electrons.